The zero-order valence-electron chi connectivity index (χ0n) is 12.7. The van der Waals surface area contributed by atoms with Crippen molar-refractivity contribution in [3.05, 3.63) is 36.1 Å². The predicted octanol–water partition coefficient (Wildman–Crippen LogP) is 1.04. The molecule has 2 N–H and O–H groups in total. The van der Waals surface area contributed by atoms with Crippen molar-refractivity contribution in [2.24, 2.45) is 5.73 Å². The van der Waals surface area contributed by atoms with E-state index in [1.807, 2.05) is 17.7 Å². The van der Waals surface area contributed by atoms with Gasteiger partial charge in [-0.1, -0.05) is 0 Å². The van der Waals surface area contributed by atoms with Crippen molar-refractivity contribution in [1.82, 2.24) is 19.4 Å². The molecule has 1 atom stereocenters. The first-order valence-electron chi connectivity index (χ1n) is 7.54. The van der Waals surface area contributed by atoms with Gasteiger partial charge in [0.2, 0.25) is 5.91 Å². The van der Waals surface area contributed by atoms with Gasteiger partial charge in [0.1, 0.15) is 18.6 Å². The average Bonchev–Trinajstić information content (AvgIpc) is 3.08. The zero-order chi connectivity index (χ0) is 15.5. The third-order valence-corrected chi connectivity index (χ3v) is 4.00. The van der Waals surface area contributed by atoms with E-state index < -0.39 is 0 Å². The molecule has 1 unspecified atom stereocenters. The van der Waals surface area contributed by atoms with E-state index in [2.05, 4.69) is 14.9 Å². The number of hydrogen-bond acceptors (Lipinski definition) is 5. The highest BCUT2D eigenvalue weighted by molar-refractivity contribution is 5.73. The van der Waals surface area contributed by atoms with E-state index in [-0.39, 0.29) is 12.5 Å². The van der Waals surface area contributed by atoms with Gasteiger partial charge < -0.3 is 14.7 Å². The molecule has 1 fully saturated rings. The summed E-state index contributed by atoms with van der Waals surface area (Å²) >= 11 is 0. The van der Waals surface area contributed by atoms with Gasteiger partial charge in [-0.2, -0.15) is 0 Å². The van der Waals surface area contributed by atoms with Gasteiger partial charge in [-0.25, -0.2) is 9.97 Å². The summed E-state index contributed by atoms with van der Waals surface area (Å²) in [4.78, 5) is 22.3. The van der Waals surface area contributed by atoms with Gasteiger partial charge in [0, 0.05) is 38.3 Å². The Morgan fingerprint density at radius 3 is 3.14 bits per heavy atom. The lowest BCUT2D eigenvalue weighted by Gasteiger charge is -2.32. The van der Waals surface area contributed by atoms with E-state index in [9.17, 15) is 4.79 Å². The van der Waals surface area contributed by atoms with Crippen molar-refractivity contribution in [2.45, 2.75) is 38.8 Å². The van der Waals surface area contributed by atoms with Crippen molar-refractivity contribution in [1.29, 1.82) is 0 Å². The molecule has 1 saturated heterocycles. The summed E-state index contributed by atoms with van der Waals surface area (Å²) in [5.41, 5.74) is 6.25. The first-order chi connectivity index (χ1) is 10.6. The first kappa shape index (κ1) is 14.8. The van der Waals surface area contributed by atoms with Gasteiger partial charge >= 0.3 is 0 Å². The molecule has 0 aromatic carbocycles. The Labute approximate surface area is 129 Å². The SMILES string of the molecule is Cc1nc(CN2CCCC(c3nccn3CC(N)=O)C2)co1. The molecule has 22 heavy (non-hydrogen) atoms. The van der Waals surface area contributed by atoms with Crippen molar-refractivity contribution in [2.75, 3.05) is 13.1 Å². The van der Waals surface area contributed by atoms with Crippen LogP contribution in [0.2, 0.25) is 0 Å². The average molecular weight is 303 g/mol. The maximum absolute atomic E-state index is 11.2. The summed E-state index contributed by atoms with van der Waals surface area (Å²) in [6.45, 7) is 4.77. The van der Waals surface area contributed by atoms with Crippen LogP contribution in [-0.2, 0) is 17.9 Å². The van der Waals surface area contributed by atoms with E-state index in [0.717, 1.165) is 44.0 Å². The second kappa shape index (κ2) is 6.31. The van der Waals surface area contributed by atoms with Crippen LogP contribution in [0.1, 0.15) is 36.2 Å². The van der Waals surface area contributed by atoms with E-state index in [4.69, 9.17) is 10.2 Å². The van der Waals surface area contributed by atoms with Gasteiger partial charge in [-0.15, -0.1) is 0 Å². The molecular weight excluding hydrogens is 282 g/mol. The number of rotatable bonds is 5. The number of amides is 1. The van der Waals surface area contributed by atoms with Gasteiger partial charge in [-0.05, 0) is 19.4 Å². The molecule has 1 amide bonds. The predicted molar refractivity (Wildman–Crippen MR) is 79.9 cm³/mol. The molecule has 0 saturated carbocycles. The number of carbonyl (C=O) groups excluding carboxylic acids is 1. The van der Waals surface area contributed by atoms with E-state index in [0.29, 0.717) is 11.8 Å². The highest BCUT2D eigenvalue weighted by Crippen LogP contribution is 2.26. The standard InChI is InChI=1S/C15H21N5O2/c1-11-18-13(10-22-11)8-19-5-2-3-12(7-19)15-17-4-6-20(15)9-14(16)21/h4,6,10,12H,2-3,5,7-9H2,1H3,(H2,16,21). The van der Waals surface area contributed by atoms with Crippen molar-refractivity contribution < 1.29 is 9.21 Å². The Morgan fingerprint density at radius 2 is 2.41 bits per heavy atom. The molecule has 118 valence electrons. The fourth-order valence-corrected chi connectivity index (χ4v) is 3.10. The Hall–Kier alpha value is -2.15. The van der Waals surface area contributed by atoms with E-state index in [1.54, 1.807) is 12.5 Å². The second-order valence-corrected chi connectivity index (χ2v) is 5.81. The number of nitrogens with two attached hydrogens (primary N) is 1. The number of imidazole rings is 1. The van der Waals surface area contributed by atoms with Crippen molar-refractivity contribution in [3.8, 4) is 0 Å². The highest BCUT2D eigenvalue weighted by atomic mass is 16.3. The van der Waals surface area contributed by atoms with Crippen LogP contribution in [0.3, 0.4) is 0 Å². The van der Waals surface area contributed by atoms with Gasteiger partial charge in [0.25, 0.3) is 0 Å². The quantitative estimate of drug-likeness (QED) is 0.891. The third kappa shape index (κ3) is 3.36. The molecule has 7 nitrogen and oxygen atoms in total. The van der Waals surface area contributed by atoms with Gasteiger partial charge in [0.15, 0.2) is 5.89 Å². The van der Waals surface area contributed by atoms with Crippen LogP contribution in [-0.4, -0.2) is 38.4 Å². The molecular formula is C15H21N5O2. The minimum atomic E-state index is -0.343. The fraction of sp³-hybridized carbons (Fsp3) is 0.533. The Bertz CT molecular complexity index is 648. The van der Waals surface area contributed by atoms with E-state index in [1.165, 1.54) is 0 Å². The number of nitrogens with zero attached hydrogens (tertiary/aromatic N) is 4. The number of aromatic nitrogens is 3. The van der Waals surface area contributed by atoms with Crippen LogP contribution in [0.25, 0.3) is 0 Å². The molecule has 3 heterocycles. The van der Waals surface area contributed by atoms with Crippen LogP contribution in [0.4, 0.5) is 0 Å². The Kier molecular flexibility index (Phi) is 4.24. The Balaban J connectivity index is 1.68. The number of aryl methyl sites for hydroxylation is 1. The number of oxazole rings is 1. The lowest BCUT2D eigenvalue weighted by atomic mass is 9.97. The molecule has 0 aliphatic carbocycles. The molecule has 3 rings (SSSR count). The zero-order valence-corrected chi connectivity index (χ0v) is 12.7. The summed E-state index contributed by atoms with van der Waals surface area (Å²) in [6.07, 6.45) is 7.44. The smallest absolute Gasteiger partial charge is 0.237 e. The summed E-state index contributed by atoms with van der Waals surface area (Å²) in [6, 6.07) is 0. The minimum absolute atomic E-state index is 0.189. The number of carbonyl (C=O) groups is 1. The lowest BCUT2D eigenvalue weighted by molar-refractivity contribution is -0.118. The fourth-order valence-electron chi connectivity index (χ4n) is 3.10. The van der Waals surface area contributed by atoms with Crippen LogP contribution in [0.5, 0.6) is 0 Å². The first-order valence-corrected chi connectivity index (χ1v) is 7.54. The van der Waals surface area contributed by atoms with Crippen LogP contribution in [0, 0.1) is 6.92 Å². The van der Waals surface area contributed by atoms with Crippen LogP contribution in [0.15, 0.2) is 23.1 Å². The molecule has 0 radical (unpaired) electrons. The monoisotopic (exact) mass is 303 g/mol. The number of likely N-dealkylation sites (tertiary alicyclic amines) is 1. The maximum atomic E-state index is 11.2. The molecule has 2 aromatic rings. The number of primary amides is 1. The summed E-state index contributed by atoms with van der Waals surface area (Å²) in [5, 5.41) is 0. The van der Waals surface area contributed by atoms with Gasteiger partial charge in [0.05, 0.1) is 5.69 Å². The van der Waals surface area contributed by atoms with Gasteiger partial charge in [-0.3, -0.25) is 9.69 Å². The normalized spacial score (nSPS) is 19.4. The maximum Gasteiger partial charge on any atom is 0.237 e. The third-order valence-electron chi connectivity index (χ3n) is 4.00. The molecule has 1 aliphatic rings. The van der Waals surface area contributed by atoms with Crippen LogP contribution >= 0.6 is 0 Å². The van der Waals surface area contributed by atoms with Crippen LogP contribution < -0.4 is 5.73 Å². The molecule has 7 heteroatoms. The summed E-state index contributed by atoms with van der Waals surface area (Å²) in [5.74, 6) is 1.61. The van der Waals surface area contributed by atoms with Crippen molar-refractivity contribution in [3.63, 3.8) is 0 Å². The highest BCUT2D eigenvalue weighted by Gasteiger charge is 2.25. The topological polar surface area (TPSA) is 90.2 Å². The summed E-state index contributed by atoms with van der Waals surface area (Å²) < 4.78 is 7.12. The second-order valence-electron chi connectivity index (χ2n) is 5.81. The molecule has 2 aromatic heterocycles. The summed E-state index contributed by atoms with van der Waals surface area (Å²) in [7, 11) is 0. The molecule has 1 aliphatic heterocycles. The molecule has 0 spiro atoms. The van der Waals surface area contributed by atoms with Crippen molar-refractivity contribution >= 4 is 5.91 Å². The molecule has 0 bridgehead atoms. The lowest BCUT2D eigenvalue weighted by Crippen LogP contribution is -2.35. The Morgan fingerprint density at radius 1 is 1.55 bits per heavy atom. The number of hydrogen-bond donors (Lipinski definition) is 1. The largest absolute Gasteiger partial charge is 0.449 e. The van der Waals surface area contributed by atoms with E-state index >= 15 is 0 Å². The minimum Gasteiger partial charge on any atom is -0.449 e. The number of piperidine rings is 1.